The topological polar surface area (TPSA) is 113 Å². The molecule has 2 heterocycles. The molecule has 37 heavy (non-hydrogen) atoms. The first-order valence-electron chi connectivity index (χ1n) is 14.2. The first-order valence-corrected chi connectivity index (χ1v) is 14.2. The predicted molar refractivity (Wildman–Crippen MR) is 133 cm³/mol. The Hall–Kier alpha value is -1.70. The molecule has 0 aromatic carbocycles. The lowest BCUT2D eigenvalue weighted by Crippen LogP contribution is -2.51. The zero-order chi connectivity index (χ0) is 26.6. The van der Waals surface area contributed by atoms with Gasteiger partial charge in [-0.3, -0.25) is 9.59 Å². The van der Waals surface area contributed by atoms with Crippen molar-refractivity contribution in [2.75, 3.05) is 0 Å². The van der Waals surface area contributed by atoms with Gasteiger partial charge in [-0.1, -0.05) is 26.0 Å². The lowest BCUT2D eigenvalue weighted by molar-refractivity contribution is -0.152. The number of ether oxygens (including phenoxy) is 2. The summed E-state index contributed by atoms with van der Waals surface area (Å²) in [4.78, 5) is 25.7. The fraction of sp³-hybridized carbons (Fsp3) is 0.800. The van der Waals surface area contributed by atoms with Gasteiger partial charge in [0.05, 0.1) is 29.1 Å². The van der Waals surface area contributed by atoms with Crippen LogP contribution in [0.5, 0.6) is 0 Å². The number of aliphatic hydroxyl groups is 3. The number of hydrogen-bond donors (Lipinski definition) is 3. The Bertz CT molecular complexity index is 1150. The summed E-state index contributed by atoms with van der Waals surface area (Å²) in [6, 6.07) is 0. The molecular formula is C30H40O7. The second kappa shape index (κ2) is 7.08. The highest BCUT2D eigenvalue weighted by Crippen LogP contribution is 2.79. The van der Waals surface area contributed by atoms with Crippen molar-refractivity contribution in [3.63, 3.8) is 0 Å². The summed E-state index contributed by atoms with van der Waals surface area (Å²) in [5.74, 6) is -2.33. The Labute approximate surface area is 218 Å². The molecule has 15 atom stereocenters. The van der Waals surface area contributed by atoms with Gasteiger partial charge in [0.2, 0.25) is 0 Å². The molecular weight excluding hydrogens is 472 g/mol. The maximum Gasteiger partial charge on any atom is 0.309 e. The van der Waals surface area contributed by atoms with Gasteiger partial charge in [0.15, 0.2) is 0 Å². The number of hydrogen-bond acceptors (Lipinski definition) is 7. The van der Waals surface area contributed by atoms with Crippen LogP contribution in [-0.2, 0) is 19.1 Å². The van der Waals surface area contributed by atoms with Gasteiger partial charge in [-0.05, 0) is 75.4 Å². The molecule has 0 amide bonds. The first kappa shape index (κ1) is 24.3. The Morgan fingerprint density at radius 2 is 1.49 bits per heavy atom. The van der Waals surface area contributed by atoms with Crippen LogP contribution in [0.3, 0.4) is 0 Å². The summed E-state index contributed by atoms with van der Waals surface area (Å²) in [5, 5.41) is 35.9. The fourth-order valence-corrected chi connectivity index (χ4v) is 11.2. The van der Waals surface area contributed by atoms with E-state index in [4.69, 9.17) is 9.47 Å². The Morgan fingerprint density at radius 3 is 2.19 bits per heavy atom. The average molecular weight is 513 g/mol. The average Bonchev–Trinajstić information content (AvgIpc) is 3.50. The van der Waals surface area contributed by atoms with Crippen LogP contribution >= 0.6 is 0 Å². The van der Waals surface area contributed by atoms with Gasteiger partial charge in [-0.2, -0.15) is 0 Å². The molecule has 7 rings (SSSR count). The molecule has 0 aromatic heterocycles. The lowest BCUT2D eigenvalue weighted by atomic mass is 9.57. The number of carbonyl (C=O) groups excluding carboxylic acids is 2. The zero-order valence-electron chi connectivity index (χ0n) is 22.4. The second-order valence-electron chi connectivity index (χ2n) is 14.0. The minimum absolute atomic E-state index is 0.00106. The van der Waals surface area contributed by atoms with Crippen molar-refractivity contribution in [1.82, 2.24) is 0 Å². The SMILES string of the molecule is C=C1C(O)[C@@H]2[C@H]3[C@H](C(C)=C4[C@H]5OC(=O)[C@@H](C)[C@@H]5CC[C@](C)(O)[C@@H]43)[C@@]13[C@@H]2[C@@](C)(O)CC[C@H]1[C@H](C)C(=O)O[C@@H]13. The third kappa shape index (κ3) is 2.56. The third-order valence-corrected chi connectivity index (χ3v) is 12.5. The fourth-order valence-electron chi connectivity index (χ4n) is 11.2. The minimum atomic E-state index is -1.08. The van der Waals surface area contributed by atoms with Crippen LogP contribution in [0.15, 0.2) is 23.3 Å². The normalized spacial score (nSPS) is 59.7. The molecule has 7 nitrogen and oxygen atoms in total. The molecule has 5 aliphatic carbocycles. The summed E-state index contributed by atoms with van der Waals surface area (Å²) in [5.41, 5.74) is -0.238. The van der Waals surface area contributed by atoms with Crippen molar-refractivity contribution in [1.29, 1.82) is 0 Å². The number of rotatable bonds is 0. The third-order valence-electron chi connectivity index (χ3n) is 12.5. The maximum absolute atomic E-state index is 13.0. The van der Waals surface area contributed by atoms with E-state index in [-0.39, 0.29) is 71.3 Å². The van der Waals surface area contributed by atoms with E-state index in [1.807, 2.05) is 27.7 Å². The van der Waals surface area contributed by atoms with Gasteiger partial charge in [0.25, 0.3) is 0 Å². The van der Waals surface area contributed by atoms with Crippen molar-refractivity contribution >= 4 is 11.9 Å². The quantitative estimate of drug-likeness (QED) is 0.338. The molecule has 0 aromatic rings. The highest BCUT2D eigenvalue weighted by molar-refractivity contribution is 5.76. The van der Waals surface area contributed by atoms with Gasteiger partial charge in [-0.25, -0.2) is 0 Å². The molecule has 7 aliphatic rings. The standard InChI is InChI=1S/C30H40O7/c1-11-15-7-9-28(5,34)21-17(23(15)36-26(11)32)13(3)20-18(21)19-22(31)14(4)30(20)24(19)29(6,35)10-8-16-12(2)27(33)37-25(16)30/h11-12,15-16,18-25,31,34-35H,4,7-10H2,1-3,5-6H3/t11-,12-,15-,16-,18-,19-,20-,21-,22?,23-,24-,25-,28-,29-,30+/m0/s1. The largest absolute Gasteiger partial charge is 0.461 e. The van der Waals surface area contributed by atoms with Crippen molar-refractivity contribution in [2.45, 2.75) is 89.8 Å². The van der Waals surface area contributed by atoms with Crippen LogP contribution in [0.2, 0.25) is 0 Å². The van der Waals surface area contributed by atoms with Crippen LogP contribution in [-0.4, -0.2) is 56.8 Å². The molecule has 7 heteroatoms. The van der Waals surface area contributed by atoms with Crippen molar-refractivity contribution in [2.24, 2.45) is 58.7 Å². The number of aliphatic hydroxyl groups excluding tert-OH is 1. The van der Waals surface area contributed by atoms with Gasteiger partial charge in [0, 0.05) is 29.1 Å². The van der Waals surface area contributed by atoms with Crippen LogP contribution in [0, 0.1) is 58.7 Å². The summed E-state index contributed by atoms with van der Waals surface area (Å²) in [6.07, 6.45) is 0.689. The van der Waals surface area contributed by atoms with E-state index in [2.05, 4.69) is 13.5 Å². The number of allylic oxidation sites excluding steroid dienone is 1. The highest BCUT2D eigenvalue weighted by atomic mass is 16.6. The molecule has 0 radical (unpaired) electrons. The van der Waals surface area contributed by atoms with E-state index in [0.717, 1.165) is 11.1 Å². The molecule has 2 bridgehead atoms. The van der Waals surface area contributed by atoms with Crippen LogP contribution in [0.1, 0.15) is 60.3 Å². The Balaban J connectivity index is 1.49. The lowest BCUT2D eigenvalue weighted by Gasteiger charge is -2.48. The summed E-state index contributed by atoms with van der Waals surface area (Å²) in [7, 11) is 0. The van der Waals surface area contributed by atoms with Crippen LogP contribution in [0.4, 0.5) is 0 Å². The molecule has 202 valence electrons. The van der Waals surface area contributed by atoms with Gasteiger partial charge >= 0.3 is 11.9 Å². The Kier molecular flexibility index (Phi) is 4.66. The van der Waals surface area contributed by atoms with Crippen molar-refractivity contribution in [3.05, 3.63) is 23.3 Å². The summed E-state index contributed by atoms with van der Waals surface area (Å²) in [6.45, 7) is 14.1. The smallest absolute Gasteiger partial charge is 0.309 e. The molecule has 3 N–H and O–H groups in total. The van der Waals surface area contributed by atoms with Crippen molar-refractivity contribution in [3.8, 4) is 0 Å². The highest BCUT2D eigenvalue weighted by Gasteiger charge is 2.82. The second-order valence-corrected chi connectivity index (χ2v) is 14.0. The van der Waals surface area contributed by atoms with Crippen LogP contribution in [0.25, 0.3) is 0 Å². The molecule has 4 saturated carbocycles. The molecule has 2 aliphatic heterocycles. The zero-order valence-corrected chi connectivity index (χ0v) is 22.4. The van der Waals surface area contributed by atoms with E-state index in [1.54, 1.807) is 0 Å². The van der Waals surface area contributed by atoms with E-state index in [0.29, 0.717) is 31.3 Å². The van der Waals surface area contributed by atoms with E-state index < -0.39 is 28.8 Å². The molecule has 6 fully saturated rings. The van der Waals surface area contributed by atoms with E-state index >= 15 is 0 Å². The summed E-state index contributed by atoms with van der Waals surface area (Å²) >= 11 is 0. The summed E-state index contributed by atoms with van der Waals surface area (Å²) < 4.78 is 12.3. The number of esters is 2. The minimum Gasteiger partial charge on any atom is -0.461 e. The predicted octanol–water partition coefficient (Wildman–Crippen LogP) is 2.77. The molecule has 1 unspecified atom stereocenters. The van der Waals surface area contributed by atoms with E-state index in [1.165, 1.54) is 0 Å². The van der Waals surface area contributed by atoms with Gasteiger partial charge in [0.1, 0.15) is 12.2 Å². The molecule has 0 spiro atoms. The molecule has 2 saturated heterocycles. The monoisotopic (exact) mass is 512 g/mol. The maximum atomic E-state index is 13.0. The number of carbonyl (C=O) groups is 2. The number of fused-ring (bicyclic) bond motifs is 7. The Morgan fingerprint density at radius 1 is 0.892 bits per heavy atom. The van der Waals surface area contributed by atoms with Crippen LogP contribution < -0.4 is 0 Å². The first-order chi connectivity index (χ1) is 17.3. The van der Waals surface area contributed by atoms with Crippen molar-refractivity contribution < 1.29 is 34.4 Å². The van der Waals surface area contributed by atoms with E-state index in [9.17, 15) is 24.9 Å². The van der Waals surface area contributed by atoms with Gasteiger partial charge < -0.3 is 24.8 Å². The van der Waals surface area contributed by atoms with Gasteiger partial charge in [-0.15, -0.1) is 0 Å².